The highest BCUT2D eigenvalue weighted by molar-refractivity contribution is 6.08. The number of aryl methyl sites for hydroxylation is 1. The highest BCUT2D eigenvalue weighted by Crippen LogP contribution is 2.30. The average Bonchev–Trinajstić information content (AvgIpc) is 3.39. The average molecular weight is 464 g/mol. The topological polar surface area (TPSA) is 46.5 Å². The molecule has 4 aromatic rings. The molecule has 1 aromatic heterocycles. The summed E-state index contributed by atoms with van der Waals surface area (Å²) >= 11 is 0. The van der Waals surface area contributed by atoms with Crippen LogP contribution >= 0.6 is 0 Å². The van der Waals surface area contributed by atoms with Gasteiger partial charge in [0, 0.05) is 65.7 Å². The second-order valence-corrected chi connectivity index (χ2v) is 8.79. The van der Waals surface area contributed by atoms with E-state index in [4.69, 9.17) is 4.74 Å². The SMILES string of the molecule is CCn1c2ccccc2c2cc(CN3CCC(NC(=O)OCc4ccc(F)cc4F)C3)ccc21. The lowest BCUT2D eigenvalue weighted by Crippen LogP contribution is -2.37. The summed E-state index contributed by atoms with van der Waals surface area (Å²) in [6.07, 6.45) is 0.224. The van der Waals surface area contributed by atoms with Crippen molar-refractivity contribution in [2.24, 2.45) is 0 Å². The summed E-state index contributed by atoms with van der Waals surface area (Å²) in [6.45, 7) is 5.24. The minimum Gasteiger partial charge on any atom is -0.445 e. The lowest BCUT2D eigenvalue weighted by Gasteiger charge is -2.17. The number of halogens is 2. The van der Waals surface area contributed by atoms with Crippen molar-refractivity contribution in [1.82, 2.24) is 14.8 Å². The van der Waals surface area contributed by atoms with Crippen LogP contribution in [0, 0.1) is 11.6 Å². The number of nitrogens with one attached hydrogen (secondary N) is 1. The fourth-order valence-corrected chi connectivity index (χ4v) is 4.88. The molecule has 5 rings (SSSR count). The van der Waals surface area contributed by atoms with Crippen LogP contribution in [0.4, 0.5) is 13.6 Å². The van der Waals surface area contributed by atoms with Crippen molar-refractivity contribution in [3.05, 3.63) is 83.4 Å². The van der Waals surface area contributed by atoms with Crippen molar-refractivity contribution in [1.29, 1.82) is 0 Å². The van der Waals surface area contributed by atoms with Crippen LogP contribution in [0.1, 0.15) is 24.5 Å². The zero-order valence-corrected chi connectivity index (χ0v) is 19.1. The van der Waals surface area contributed by atoms with Crippen molar-refractivity contribution in [3.8, 4) is 0 Å². The number of ether oxygens (including phenoxy) is 1. The Morgan fingerprint density at radius 1 is 1.06 bits per heavy atom. The first kappa shape index (κ1) is 22.3. The highest BCUT2D eigenvalue weighted by atomic mass is 19.1. The molecule has 1 N–H and O–H groups in total. The van der Waals surface area contributed by atoms with Crippen molar-refractivity contribution < 1.29 is 18.3 Å². The van der Waals surface area contributed by atoms with Gasteiger partial charge in [0.25, 0.3) is 0 Å². The van der Waals surface area contributed by atoms with Gasteiger partial charge in [0.1, 0.15) is 18.2 Å². The Morgan fingerprint density at radius 2 is 1.88 bits per heavy atom. The quantitative estimate of drug-likeness (QED) is 0.405. The maximum absolute atomic E-state index is 13.7. The van der Waals surface area contributed by atoms with Crippen LogP contribution in [0.3, 0.4) is 0 Å². The molecule has 1 amide bonds. The lowest BCUT2D eigenvalue weighted by molar-refractivity contribution is 0.134. The van der Waals surface area contributed by atoms with Gasteiger partial charge in [-0.1, -0.05) is 24.3 Å². The van der Waals surface area contributed by atoms with E-state index >= 15 is 0 Å². The van der Waals surface area contributed by atoms with Crippen molar-refractivity contribution in [2.45, 2.75) is 39.1 Å². The van der Waals surface area contributed by atoms with Gasteiger partial charge in [0.05, 0.1) is 0 Å². The molecule has 1 fully saturated rings. The highest BCUT2D eigenvalue weighted by Gasteiger charge is 2.24. The van der Waals surface area contributed by atoms with Crippen LogP contribution in [0.2, 0.25) is 0 Å². The Bertz CT molecular complexity index is 1350. The number of hydrogen-bond donors (Lipinski definition) is 1. The molecule has 1 aliphatic heterocycles. The summed E-state index contributed by atoms with van der Waals surface area (Å²) < 4.78 is 34.2. The molecule has 34 heavy (non-hydrogen) atoms. The minimum absolute atomic E-state index is 0.0312. The molecule has 7 heteroatoms. The fourth-order valence-electron chi connectivity index (χ4n) is 4.88. The number of fused-ring (bicyclic) bond motifs is 3. The van der Waals surface area contributed by atoms with Crippen LogP contribution in [-0.2, 0) is 24.4 Å². The van der Waals surface area contributed by atoms with Gasteiger partial charge in [-0.05, 0) is 49.2 Å². The van der Waals surface area contributed by atoms with Gasteiger partial charge in [-0.25, -0.2) is 13.6 Å². The van der Waals surface area contributed by atoms with Gasteiger partial charge < -0.3 is 14.6 Å². The molecular weight excluding hydrogens is 436 g/mol. The predicted octanol–water partition coefficient (Wildman–Crippen LogP) is 5.59. The Labute approximate surface area is 196 Å². The van der Waals surface area contributed by atoms with E-state index in [2.05, 4.69) is 64.2 Å². The van der Waals surface area contributed by atoms with Gasteiger partial charge in [-0.15, -0.1) is 0 Å². The zero-order chi connectivity index (χ0) is 23.7. The number of benzene rings is 3. The van der Waals surface area contributed by atoms with Gasteiger partial charge in [-0.3, -0.25) is 4.90 Å². The molecule has 1 atom stereocenters. The van der Waals surface area contributed by atoms with E-state index in [1.54, 1.807) is 0 Å². The van der Waals surface area contributed by atoms with Crippen LogP contribution in [0.25, 0.3) is 21.8 Å². The van der Waals surface area contributed by atoms with E-state index in [0.717, 1.165) is 44.7 Å². The standard InChI is InChI=1S/C27H27F2N3O2/c1-2-32-25-6-4-3-5-22(25)23-13-18(7-10-26(23)32)15-31-12-11-21(16-31)30-27(33)34-17-19-8-9-20(28)14-24(19)29/h3-10,13-14,21H,2,11-12,15-17H2,1H3,(H,30,33). The molecule has 2 heterocycles. The Hall–Kier alpha value is -3.45. The number of nitrogens with zero attached hydrogens (tertiary/aromatic N) is 2. The predicted molar refractivity (Wildman–Crippen MR) is 128 cm³/mol. The molecular formula is C27H27F2N3O2. The summed E-state index contributed by atoms with van der Waals surface area (Å²) in [5, 5.41) is 5.39. The first-order valence-corrected chi connectivity index (χ1v) is 11.6. The minimum atomic E-state index is -0.723. The third-order valence-electron chi connectivity index (χ3n) is 6.53. The number of amides is 1. The summed E-state index contributed by atoms with van der Waals surface area (Å²) in [7, 11) is 0. The van der Waals surface area contributed by atoms with Gasteiger partial charge in [-0.2, -0.15) is 0 Å². The van der Waals surface area contributed by atoms with Crippen LogP contribution < -0.4 is 5.32 Å². The monoisotopic (exact) mass is 463 g/mol. The Kier molecular flexibility index (Phi) is 6.20. The molecule has 1 aliphatic rings. The molecule has 0 bridgehead atoms. The van der Waals surface area contributed by atoms with E-state index in [1.807, 2.05) is 0 Å². The number of alkyl carbamates (subject to hydrolysis) is 1. The van der Waals surface area contributed by atoms with Gasteiger partial charge in [0.2, 0.25) is 0 Å². The van der Waals surface area contributed by atoms with E-state index in [0.29, 0.717) is 0 Å². The molecule has 0 aliphatic carbocycles. The van der Waals surface area contributed by atoms with E-state index < -0.39 is 17.7 Å². The van der Waals surface area contributed by atoms with Crippen LogP contribution in [-0.4, -0.2) is 34.7 Å². The number of carbonyl (C=O) groups excluding carboxylic acids is 1. The summed E-state index contributed by atoms with van der Waals surface area (Å²) in [5.74, 6) is -1.38. The summed E-state index contributed by atoms with van der Waals surface area (Å²) in [4.78, 5) is 14.5. The second kappa shape index (κ2) is 9.43. The molecule has 176 valence electrons. The third kappa shape index (κ3) is 4.48. The van der Waals surface area contributed by atoms with Crippen LogP contribution in [0.5, 0.6) is 0 Å². The van der Waals surface area contributed by atoms with E-state index in [1.165, 1.54) is 33.4 Å². The first-order valence-electron chi connectivity index (χ1n) is 11.6. The summed E-state index contributed by atoms with van der Waals surface area (Å²) in [5.41, 5.74) is 3.88. The van der Waals surface area contributed by atoms with Crippen LogP contribution in [0.15, 0.2) is 60.7 Å². The van der Waals surface area contributed by atoms with E-state index in [9.17, 15) is 13.6 Å². The van der Waals surface area contributed by atoms with Crippen molar-refractivity contribution in [3.63, 3.8) is 0 Å². The molecule has 3 aromatic carbocycles. The first-order chi connectivity index (χ1) is 16.5. The Morgan fingerprint density at radius 3 is 2.71 bits per heavy atom. The number of para-hydroxylation sites is 1. The maximum atomic E-state index is 13.7. The largest absolute Gasteiger partial charge is 0.445 e. The number of aromatic nitrogens is 1. The lowest BCUT2D eigenvalue weighted by atomic mass is 10.1. The van der Waals surface area contributed by atoms with Gasteiger partial charge >= 0.3 is 6.09 Å². The molecule has 0 spiro atoms. The molecule has 0 saturated carbocycles. The number of likely N-dealkylation sites (tertiary alicyclic amines) is 1. The molecule has 0 radical (unpaired) electrons. The molecule has 5 nitrogen and oxygen atoms in total. The summed E-state index contributed by atoms with van der Waals surface area (Å²) in [6, 6.07) is 18.3. The Balaban J connectivity index is 1.19. The second-order valence-electron chi connectivity index (χ2n) is 8.79. The van der Waals surface area contributed by atoms with Crippen molar-refractivity contribution >= 4 is 27.9 Å². The smallest absolute Gasteiger partial charge is 0.407 e. The zero-order valence-electron chi connectivity index (χ0n) is 19.1. The third-order valence-corrected chi connectivity index (χ3v) is 6.53. The number of rotatable bonds is 6. The van der Waals surface area contributed by atoms with Crippen molar-refractivity contribution in [2.75, 3.05) is 13.1 Å². The number of hydrogen-bond acceptors (Lipinski definition) is 3. The molecule has 1 unspecified atom stereocenters. The fraction of sp³-hybridized carbons (Fsp3) is 0.296. The number of carbonyl (C=O) groups is 1. The van der Waals surface area contributed by atoms with E-state index in [-0.39, 0.29) is 18.2 Å². The van der Waals surface area contributed by atoms with Gasteiger partial charge in [0.15, 0.2) is 0 Å². The maximum Gasteiger partial charge on any atom is 0.407 e. The molecule has 1 saturated heterocycles. The normalized spacial score (nSPS) is 16.4.